The molecule has 0 aliphatic heterocycles. The largest absolute Gasteiger partial charge is 0.495 e. The van der Waals surface area contributed by atoms with E-state index < -0.39 is 0 Å². The molecule has 0 bridgehead atoms. The van der Waals surface area contributed by atoms with E-state index in [1.807, 2.05) is 13.0 Å². The number of nitrogens with zero attached hydrogens (tertiary/aromatic N) is 2. The molecule has 1 heterocycles. The Bertz CT molecular complexity index is 580. The van der Waals surface area contributed by atoms with Crippen molar-refractivity contribution in [2.45, 2.75) is 13.3 Å². The molecular formula is C12H15ClN4O. The zero-order valence-corrected chi connectivity index (χ0v) is 11.0. The standard InChI is InChI=1S/C12H15ClN4O/c1-3-10-16-11(12(14)17(10)15)7-4-5-9(18-2)8(13)6-7/h4-6H,3,14-15H2,1-2H3. The van der Waals surface area contributed by atoms with Crippen LogP contribution in [0.15, 0.2) is 18.2 Å². The van der Waals surface area contributed by atoms with Crippen molar-refractivity contribution in [3.8, 4) is 17.0 Å². The van der Waals surface area contributed by atoms with E-state index in [1.54, 1.807) is 19.2 Å². The number of benzene rings is 1. The third kappa shape index (κ3) is 1.97. The van der Waals surface area contributed by atoms with E-state index in [9.17, 15) is 0 Å². The molecule has 6 heteroatoms. The maximum absolute atomic E-state index is 6.08. The van der Waals surface area contributed by atoms with Gasteiger partial charge in [0.25, 0.3) is 0 Å². The average Bonchev–Trinajstić information content (AvgIpc) is 2.66. The highest BCUT2D eigenvalue weighted by molar-refractivity contribution is 6.32. The number of aryl methyl sites for hydroxylation is 1. The minimum absolute atomic E-state index is 0.424. The maximum atomic E-state index is 6.08. The molecule has 2 rings (SSSR count). The molecule has 0 saturated carbocycles. The van der Waals surface area contributed by atoms with Crippen LogP contribution >= 0.6 is 11.6 Å². The molecule has 1 aromatic carbocycles. The van der Waals surface area contributed by atoms with Gasteiger partial charge < -0.3 is 16.3 Å². The number of imidazole rings is 1. The monoisotopic (exact) mass is 266 g/mol. The smallest absolute Gasteiger partial charge is 0.150 e. The van der Waals surface area contributed by atoms with Crippen molar-refractivity contribution in [2.75, 3.05) is 18.7 Å². The topological polar surface area (TPSA) is 79.1 Å². The Balaban J connectivity index is 2.52. The van der Waals surface area contributed by atoms with Crippen LogP contribution < -0.4 is 16.3 Å². The van der Waals surface area contributed by atoms with Gasteiger partial charge in [-0.05, 0) is 18.2 Å². The first kappa shape index (κ1) is 12.6. The Morgan fingerprint density at radius 2 is 2.17 bits per heavy atom. The van der Waals surface area contributed by atoms with Gasteiger partial charge in [0, 0.05) is 12.0 Å². The number of hydrogen-bond donors (Lipinski definition) is 2. The Hall–Kier alpha value is -1.88. The lowest BCUT2D eigenvalue weighted by molar-refractivity contribution is 0.415. The number of halogens is 1. The van der Waals surface area contributed by atoms with Gasteiger partial charge in [0.15, 0.2) is 5.82 Å². The van der Waals surface area contributed by atoms with Crippen molar-refractivity contribution in [1.29, 1.82) is 0 Å². The van der Waals surface area contributed by atoms with Gasteiger partial charge in [-0.15, -0.1) is 0 Å². The van der Waals surface area contributed by atoms with E-state index in [1.165, 1.54) is 4.68 Å². The molecule has 18 heavy (non-hydrogen) atoms. The van der Waals surface area contributed by atoms with E-state index in [-0.39, 0.29) is 0 Å². The molecule has 2 aromatic rings. The van der Waals surface area contributed by atoms with Crippen LogP contribution in [-0.2, 0) is 6.42 Å². The molecule has 0 atom stereocenters. The molecular weight excluding hydrogens is 252 g/mol. The van der Waals surface area contributed by atoms with Crippen LogP contribution in [0.4, 0.5) is 5.82 Å². The van der Waals surface area contributed by atoms with E-state index >= 15 is 0 Å². The van der Waals surface area contributed by atoms with Crippen molar-refractivity contribution in [3.05, 3.63) is 29.0 Å². The number of rotatable bonds is 3. The summed E-state index contributed by atoms with van der Waals surface area (Å²) in [6.07, 6.45) is 0.713. The van der Waals surface area contributed by atoms with Crippen molar-refractivity contribution < 1.29 is 4.74 Å². The number of methoxy groups -OCH3 is 1. The molecule has 0 spiro atoms. The fraction of sp³-hybridized carbons (Fsp3) is 0.250. The number of anilines is 1. The number of ether oxygens (including phenoxy) is 1. The summed E-state index contributed by atoms with van der Waals surface area (Å²) in [5.41, 5.74) is 7.39. The minimum atomic E-state index is 0.424. The van der Waals surface area contributed by atoms with Crippen LogP contribution in [0.5, 0.6) is 5.75 Å². The second kappa shape index (κ2) is 4.78. The zero-order valence-electron chi connectivity index (χ0n) is 10.3. The summed E-state index contributed by atoms with van der Waals surface area (Å²) in [5.74, 6) is 7.58. The van der Waals surface area contributed by atoms with Crippen LogP contribution in [-0.4, -0.2) is 16.8 Å². The molecule has 0 fully saturated rings. The lowest BCUT2D eigenvalue weighted by Crippen LogP contribution is -2.14. The van der Waals surface area contributed by atoms with Crippen LogP contribution in [0.3, 0.4) is 0 Å². The summed E-state index contributed by atoms with van der Waals surface area (Å²) in [6.45, 7) is 1.97. The summed E-state index contributed by atoms with van der Waals surface area (Å²) in [6, 6.07) is 5.39. The van der Waals surface area contributed by atoms with Gasteiger partial charge in [-0.3, -0.25) is 0 Å². The molecule has 0 aliphatic rings. The quantitative estimate of drug-likeness (QED) is 0.834. The number of aromatic nitrogens is 2. The van der Waals surface area contributed by atoms with E-state index in [2.05, 4.69) is 4.98 Å². The first-order valence-electron chi connectivity index (χ1n) is 5.54. The van der Waals surface area contributed by atoms with Gasteiger partial charge >= 0.3 is 0 Å². The number of hydrogen-bond acceptors (Lipinski definition) is 4. The maximum Gasteiger partial charge on any atom is 0.150 e. The highest BCUT2D eigenvalue weighted by atomic mass is 35.5. The molecule has 96 valence electrons. The average molecular weight is 267 g/mol. The molecule has 0 aliphatic carbocycles. The van der Waals surface area contributed by atoms with Gasteiger partial charge in [0.05, 0.1) is 12.1 Å². The van der Waals surface area contributed by atoms with Crippen molar-refractivity contribution >= 4 is 17.4 Å². The third-order valence-electron chi connectivity index (χ3n) is 2.76. The fourth-order valence-electron chi connectivity index (χ4n) is 1.77. The molecule has 4 N–H and O–H groups in total. The van der Waals surface area contributed by atoms with Gasteiger partial charge in [0.1, 0.15) is 17.3 Å². The highest BCUT2D eigenvalue weighted by Crippen LogP contribution is 2.32. The van der Waals surface area contributed by atoms with Crippen LogP contribution in [0.25, 0.3) is 11.3 Å². The Morgan fingerprint density at radius 1 is 1.44 bits per heavy atom. The summed E-state index contributed by atoms with van der Waals surface area (Å²) in [7, 11) is 1.57. The summed E-state index contributed by atoms with van der Waals surface area (Å²) < 4.78 is 6.50. The molecule has 0 radical (unpaired) electrons. The van der Waals surface area contributed by atoms with E-state index in [0.29, 0.717) is 28.7 Å². The van der Waals surface area contributed by atoms with Crippen molar-refractivity contribution in [1.82, 2.24) is 9.66 Å². The first-order valence-corrected chi connectivity index (χ1v) is 5.92. The molecule has 0 saturated heterocycles. The molecule has 5 nitrogen and oxygen atoms in total. The lowest BCUT2D eigenvalue weighted by atomic mass is 10.1. The van der Waals surface area contributed by atoms with Gasteiger partial charge in [-0.25, -0.2) is 9.66 Å². The fourth-order valence-corrected chi connectivity index (χ4v) is 2.03. The number of nitrogen functional groups attached to an aromatic ring is 2. The molecule has 0 unspecified atom stereocenters. The van der Waals surface area contributed by atoms with E-state index in [4.69, 9.17) is 27.9 Å². The normalized spacial score (nSPS) is 10.6. The molecule has 1 aromatic heterocycles. The summed E-state index contributed by atoms with van der Waals surface area (Å²) in [5, 5.41) is 0.513. The van der Waals surface area contributed by atoms with Crippen LogP contribution in [0.1, 0.15) is 12.7 Å². The number of nitrogens with two attached hydrogens (primary N) is 2. The SMILES string of the molecule is CCc1nc(-c2ccc(OC)c(Cl)c2)c(N)n1N. The molecule has 0 amide bonds. The Labute approximate surface area is 110 Å². The van der Waals surface area contributed by atoms with Crippen LogP contribution in [0, 0.1) is 0 Å². The second-order valence-corrected chi connectivity index (χ2v) is 4.24. The van der Waals surface area contributed by atoms with E-state index in [0.717, 1.165) is 11.4 Å². The second-order valence-electron chi connectivity index (χ2n) is 3.83. The van der Waals surface area contributed by atoms with Gasteiger partial charge in [-0.1, -0.05) is 18.5 Å². The van der Waals surface area contributed by atoms with Crippen molar-refractivity contribution in [2.24, 2.45) is 0 Å². The highest BCUT2D eigenvalue weighted by Gasteiger charge is 2.14. The minimum Gasteiger partial charge on any atom is -0.495 e. The Kier molecular flexibility index (Phi) is 3.34. The Morgan fingerprint density at radius 3 is 2.67 bits per heavy atom. The summed E-state index contributed by atoms with van der Waals surface area (Å²) in [4.78, 5) is 4.41. The summed E-state index contributed by atoms with van der Waals surface area (Å²) >= 11 is 6.08. The van der Waals surface area contributed by atoms with Crippen molar-refractivity contribution in [3.63, 3.8) is 0 Å². The lowest BCUT2D eigenvalue weighted by Gasteiger charge is -2.05. The first-order chi connectivity index (χ1) is 8.58. The van der Waals surface area contributed by atoms with Gasteiger partial charge in [-0.2, -0.15) is 0 Å². The predicted octanol–water partition coefficient (Wildman–Crippen LogP) is 2.07. The third-order valence-corrected chi connectivity index (χ3v) is 3.06. The zero-order chi connectivity index (χ0) is 13.3. The van der Waals surface area contributed by atoms with Gasteiger partial charge in [0.2, 0.25) is 0 Å². The van der Waals surface area contributed by atoms with Crippen LogP contribution in [0.2, 0.25) is 5.02 Å². The predicted molar refractivity (Wildman–Crippen MR) is 73.2 cm³/mol.